The topological polar surface area (TPSA) is 99.1 Å². The Bertz CT molecular complexity index is 357. The van der Waals surface area contributed by atoms with Crippen LogP contribution in [0.1, 0.15) is 32.1 Å². The van der Waals surface area contributed by atoms with Gasteiger partial charge in [-0.15, -0.1) is 0 Å². The van der Waals surface area contributed by atoms with Gasteiger partial charge >= 0.3 is 12.0 Å². The fourth-order valence-corrected chi connectivity index (χ4v) is 2.75. The number of carbonyl (C=O) groups is 2. The molecule has 1 unspecified atom stereocenters. The SMILES string of the molecule is O=C(O)[C@@H]1C[C@H](O)CN1C(=O)NCCC1CCCCO1. The van der Waals surface area contributed by atoms with Gasteiger partial charge in [0, 0.05) is 26.1 Å². The number of hydrogen-bond acceptors (Lipinski definition) is 4. The number of carbonyl (C=O) groups excluding carboxylic acids is 1. The Kier molecular flexibility index (Phi) is 5.19. The summed E-state index contributed by atoms with van der Waals surface area (Å²) in [6.07, 6.45) is 3.50. The van der Waals surface area contributed by atoms with E-state index in [1.54, 1.807) is 0 Å². The van der Waals surface area contributed by atoms with Crippen molar-refractivity contribution in [2.75, 3.05) is 19.7 Å². The summed E-state index contributed by atoms with van der Waals surface area (Å²) >= 11 is 0. The molecule has 2 saturated heterocycles. The Morgan fingerprint density at radius 3 is 2.80 bits per heavy atom. The third-order valence-electron chi connectivity index (χ3n) is 3.84. The maximum absolute atomic E-state index is 11.9. The predicted molar refractivity (Wildman–Crippen MR) is 70.4 cm³/mol. The molecule has 2 aliphatic heterocycles. The number of rotatable bonds is 4. The van der Waals surface area contributed by atoms with Gasteiger partial charge in [-0.1, -0.05) is 0 Å². The molecule has 20 heavy (non-hydrogen) atoms. The molecule has 7 nitrogen and oxygen atoms in total. The third kappa shape index (κ3) is 3.83. The zero-order chi connectivity index (χ0) is 14.5. The average molecular weight is 286 g/mol. The van der Waals surface area contributed by atoms with Crippen molar-refractivity contribution in [2.24, 2.45) is 0 Å². The number of aliphatic carboxylic acids is 1. The van der Waals surface area contributed by atoms with Crippen molar-refractivity contribution in [1.29, 1.82) is 0 Å². The molecule has 0 bridgehead atoms. The number of urea groups is 1. The number of carboxylic acids is 1. The molecule has 0 radical (unpaired) electrons. The van der Waals surface area contributed by atoms with Crippen LogP contribution in [0.25, 0.3) is 0 Å². The van der Waals surface area contributed by atoms with E-state index in [1.165, 1.54) is 4.90 Å². The highest BCUT2D eigenvalue weighted by Gasteiger charge is 2.38. The van der Waals surface area contributed by atoms with Gasteiger partial charge in [-0.3, -0.25) is 0 Å². The lowest BCUT2D eigenvalue weighted by atomic mass is 10.1. The molecule has 2 heterocycles. The summed E-state index contributed by atoms with van der Waals surface area (Å²) in [5.41, 5.74) is 0. The Morgan fingerprint density at radius 1 is 1.35 bits per heavy atom. The monoisotopic (exact) mass is 286 g/mol. The number of hydrogen-bond donors (Lipinski definition) is 3. The lowest BCUT2D eigenvalue weighted by Gasteiger charge is -2.24. The molecule has 2 aliphatic rings. The Hall–Kier alpha value is -1.34. The van der Waals surface area contributed by atoms with Crippen LogP contribution in [0.3, 0.4) is 0 Å². The first-order valence-corrected chi connectivity index (χ1v) is 7.15. The molecule has 0 spiro atoms. The largest absolute Gasteiger partial charge is 0.480 e. The zero-order valence-electron chi connectivity index (χ0n) is 11.5. The molecule has 2 rings (SSSR count). The molecule has 7 heteroatoms. The number of β-amino-alcohol motifs (C(OH)–C–C–N with tert-alkyl or cyclic N) is 1. The molecule has 0 aromatic heterocycles. The molecule has 0 aromatic rings. The van der Waals surface area contributed by atoms with Crippen molar-refractivity contribution in [1.82, 2.24) is 10.2 Å². The maximum atomic E-state index is 11.9. The lowest BCUT2D eigenvalue weighted by molar-refractivity contribution is -0.141. The van der Waals surface area contributed by atoms with Crippen molar-refractivity contribution in [3.8, 4) is 0 Å². The van der Waals surface area contributed by atoms with Gasteiger partial charge in [0.05, 0.1) is 12.2 Å². The second-order valence-electron chi connectivity index (χ2n) is 5.41. The van der Waals surface area contributed by atoms with Gasteiger partial charge < -0.3 is 25.2 Å². The van der Waals surface area contributed by atoms with Crippen LogP contribution in [-0.2, 0) is 9.53 Å². The van der Waals surface area contributed by atoms with Crippen LogP contribution in [0.4, 0.5) is 4.79 Å². The fraction of sp³-hybridized carbons (Fsp3) is 0.846. The van der Waals surface area contributed by atoms with Crippen LogP contribution >= 0.6 is 0 Å². The molecule has 114 valence electrons. The summed E-state index contributed by atoms with van der Waals surface area (Å²) in [6, 6.07) is -1.36. The van der Waals surface area contributed by atoms with E-state index in [0.29, 0.717) is 6.54 Å². The lowest BCUT2D eigenvalue weighted by Crippen LogP contribution is -2.46. The quantitative estimate of drug-likeness (QED) is 0.684. The standard InChI is InChI=1S/C13H22N2O5/c16-9-7-11(12(17)18)15(8-9)13(19)14-5-4-10-3-1-2-6-20-10/h9-11,16H,1-8H2,(H,14,19)(H,17,18)/t9-,10?,11-/m0/s1. The van der Waals surface area contributed by atoms with Crippen LogP contribution in [0.2, 0.25) is 0 Å². The third-order valence-corrected chi connectivity index (χ3v) is 3.84. The Labute approximate surface area is 117 Å². The number of likely N-dealkylation sites (tertiary alicyclic amines) is 1. The highest BCUT2D eigenvalue weighted by Crippen LogP contribution is 2.18. The first-order valence-electron chi connectivity index (χ1n) is 7.15. The molecule has 3 atom stereocenters. The minimum atomic E-state index is -1.08. The highest BCUT2D eigenvalue weighted by atomic mass is 16.5. The van der Waals surface area contributed by atoms with Gasteiger partial charge in [-0.2, -0.15) is 0 Å². The Balaban J connectivity index is 1.74. The number of ether oxygens (including phenoxy) is 1. The molecule has 0 saturated carbocycles. The smallest absolute Gasteiger partial charge is 0.326 e. The number of nitrogens with one attached hydrogen (secondary N) is 1. The highest BCUT2D eigenvalue weighted by molar-refractivity contribution is 5.83. The van der Waals surface area contributed by atoms with E-state index in [2.05, 4.69) is 5.32 Å². The molecule has 3 N–H and O–H groups in total. The van der Waals surface area contributed by atoms with Gasteiger partial charge in [-0.05, 0) is 25.7 Å². The average Bonchev–Trinajstić information content (AvgIpc) is 2.82. The van der Waals surface area contributed by atoms with Gasteiger partial charge in [0.1, 0.15) is 6.04 Å². The van der Waals surface area contributed by atoms with Crippen LogP contribution < -0.4 is 5.32 Å². The summed E-state index contributed by atoms with van der Waals surface area (Å²) < 4.78 is 5.56. The van der Waals surface area contributed by atoms with Gasteiger partial charge in [0.15, 0.2) is 0 Å². The maximum Gasteiger partial charge on any atom is 0.326 e. The zero-order valence-corrected chi connectivity index (χ0v) is 11.5. The van der Waals surface area contributed by atoms with Crippen LogP contribution in [0.15, 0.2) is 0 Å². The second kappa shape index (κ2) is 6.90. The molecule has 2 fully saturated rings. The Morgan fingerprint density at radius 2 is 2.15 bits per heavy atom. The molecule has 2 amide bonds. The van der Waals surface area contributed by atoms with E-state index in [-0.39, 0.29) is 19.1 Å². The number of nitrogens with zero attached hydrogens (tertiary/aromatic N) is 1. The summed E-state index contributed by atoms with van der Waals surface area (Å²) in [7, 11) is 0. The van der Waals surface area contributed by atoms with Crippen LogP contribution in [-0.4, -0.2) is 65.1 Å². The van der Waals surface area contributed by atoms with E-state index in [1.807, 2.05) is 0 Å². The minimum Gasteiger partial charge on any atom is -0.480 e. The number of carboxylic acid groups (broad SMARTS) is 1. The van der Waals surface area contributed by atoms with Crippen molar-refractivity contribution < 1.29 is 24.5 Å². The van der Waals surface area contributed by atoms with E-state index in [0.717, 1.165) is 32.3 Å². The molecular formula is C13H22N2O5. The van der Waals surface area contributed by atoms with E-state index in [9.17, 15) is 14.7 Å². The van der Waals surface area contributed by atoms with Crippen molar-refractivity contribution in [2.45, 2.75) is 50.4 Å². The number of amides is 2. The van der Waals surface area contributed by atoms with Crippen molar-refractivity contribution in [3.63, 3.8) is 0 Å². The second-order valence-corrected chi connectivity index (χ2v) is 5.41. The minimum absolute atomic E-state index is 0.0722. The van der Waals surface area contributed by atoms with Crippen molar-refractivity contribution in [3.05, 3.63) is 0 Å². The number of aliphatic hydroxyl groups is 1. The first kappa shape index (κ1) is 15.1. The fourth-order valence-electron chi connectivity index (χ4n) is 2.75. The number of aliphatic hydroxyl groups excluding tert-OH is 1. The van der Waals surface area contributed by atoms with Crippen molar-refractivity contribution >= 4 is 12.0 Å². The van der Waals surface area contributed by atoms with Gasteiger partial charge in [-0.25, -0.2) is 9.59 Å². The van der Waals surface area contributed by atoms with Gasteiger partial charge in [0.2, 0.25) is 0 Å². The van der Waals surface area contributed by atoms with E-state index < -0.39 is 24.1 Å². The first-order chi connectivity index (χ1) is 9.58. The summed E-state index contributed by atoms with van der Waals surface area (Å²) in [5, 5.41) is 21.2. The van der Waals surface area contributed by atoms with Crippen LogP contribution in [0.5, 0.6) is 0 Å². The normalized spacial score (nSPS) is 30.2. The summed E-state index contributed by atoms with van der Waals surface area (Å²) in [6.45, 7) is 1.31. The van der Waals surface area contributed by atoms with Crippen LogP contribution in [0, 0.1) is 0 Å². The van der Waals surface area contributed by atoms with Gasteiger partial charge in [0.25, 0.3) is 0 Å². The molecular weight excluding hydrogens is 264 g/mol. The van der Waals surface area contributed by atoms with E-state index >= 15 is 0 Å². The summed E-state index contributed by atoms with van der Waals surface area (Å²) in [5.74, 6) is -1.08. The summed E-state index contributed by atoms with van der Waals surface area (Å²) in [4.78, 5) is 24.2. The molecule has 0 aromatic carbocycles. The predicted octanol–water partition coefficient (Wildman–Crippen LogP) is 0.175. The van der Waals surface area contributed by atoms with E-state index in [4.69, 9.17) is 9.84 Å². The molecule has 0 aliphatic carbocycles.